The van der Waals surface area contributed by atoms with Crippen molar-refractivity contribution in [1.82, 2.24) is 0 Å². The van der Waals surface area contributed by atoms with Gasteiger partial charge in [0.05, 0.1) is 24.4 Å². The first-order valence-electron chi connectivity index (χ1n) is 13.5. The lowest BCUT2D eigenvalue weighted by molar-refractivity contribution is -0.141. The van der Waals surface area contributed by atoms with Crippen LogP contribution >= 0.6 is 0 Å². The van der Waals surface area contributed by atoms with E-state index in [1.807, 2.05) is 0 Å². The second kappa shape index (κ2) is 17.8. The van der Waals surface area contributed by atoms with Crippen LogP contribution in [0.15, 0.2) is 54.6 Å². The van der Waals surface area contributed by atoms with Crippen LogP contribution in [0.3, 0.4) is 0 Å². The highest BCUT2D eigenvalue weighted by Crippen LogP contribution is 2.34. The Hall–Kier alpha value is -3.76. The summed E-state index contributed by atoms with van der Waals surface area (Å²) in [6.45, 7) is 7.24. The van der Waals surface area contributed by atoms with E-state index >= 15 is 4.39 Å². The van der Waals surface area contributed by atoms with Gasteiger partial charge in [-0.25, -0.2) is 18.4 Å². The van der Waals surface area contributed by atoms with Crippen molar-refractivity contribution in [2.75, 3.05) is 39.6 Å². The fourth-order valence-electron chi connectivity index (χ4n) is 3.82. The maximum atomic E-state index is 15.6. The van der Waals surface area contributed by atoms with Gasteiger partial charge in [0.15, 0.2) is 23.1 Å². The molecule has 0 saturated carbocycles. The molecular formula is C31H38F2O8. The monoisotopic (exact) mass is 576 g/mol. The topological polar surface area (TPSA) is 112 Å². The summed E-state index contributed by atoms with van der Waals surface area (Å²) in [4.78, 5) is 23.1. The molecule has 0 aromatic heterocycles. The zero-order valence-electron chi connectivity index (χ0n) is 23.4. The summed E-state index contributed by atoms with van der Waals surface area (Å²) < 4.78 is 51.2. The maximum absolute atomic E-state index is 15.6. The normalized spacial score (nSPS) is 10.7. The van der Waals surface area contributed by atoms with E-state index in [1.54, 1.807) is 12.1 Å². The van der Waals surface area contributed by atoms with Crippen LogP contribution in [0.4, 0.5) is 8.78 Å². The second-order valence-electron chi connectivity index (χ2n) is 9.21. The summed E-state index contributed by atoms with van der Waals surface area (Å²) in [7, 11) is 0. The number of carbonyl (C=O) groups is 2. The summed E-state index contributed by atoms with van der Waals surface area (Å²) in [5.74, 6) is -2.86. The van der Waals surface area contributed by atoms with Crippen molar-refractivity contribution in [2.24, 2.45) is 0 Å². The number of aliphatic hydroxyl groups excluding tert-OH is 2. The Balaban J connectivity index is 2.15. The van der Waals surface area contributed by atoms with E-state index in [0.29, 0.717) is 23.1 Å². The molecule has 41 heavy (non-hydrogen) atoms. The van der Waals surface area contributed by atoms with Crippen LogP contribution in [-0.4, -0.2) is 61.8 Å². The molecule has 2 aromatic rings. The molecule has 0 unspecified atom stereocenters. The van der Waals surface area contributed by atoms with Crippen LogP contribution in [-0.2, 0) is 25.5 Å². The fourth-order valence-corrected chi connectivity index (χ4v) is 3.82. The van der Waals surface area contributed by atoms with Crippen molar-refractivity contribution >= 4 is 11.9 Å². The Bertz CT molecular complexity index is 1190. The van der Waals surface area contributed by atoms with E-state index in [0.717, 1.165) is 32.1 Å². The predicted molar refractivity (Wildman–Crippen MR) is 150 cm³/mol. The van der Waals surface area contributed by atoms with E-state index in [2.05, 4.69) is 20.1 Å². The minimum absolute atomic E-state index is 0.0202. The molecule has 0 spiro atoms. The molecule has 0 amide bonds. The summed E-state index contributed by atoms with van der Waals surface area (Å²) in [6, 6.07) is 7.37. The van der Waals surface area contributed by atoms with Gasteiger partial charge in [0.2, 0.25) is 0 Å². The summed E-state index contributed by atoms with van der Waals surface area (Å²) in [5, 5.41) is 17.8. The lowest BCUT2D eigenvalue weighted by atomic mass is 9.94. The quantitative estimate of drug-likeness (QED) is 0.135. The van der Waals surface area contributed by atoms with Gasteiger partial charge in [-0.1, -0.05) is 57.9 Å². The van der Waals surface area contributed by atoms with Crippen LogP contribution in [0.25, 0.3) is 11.1 Å². The van der Waals surface area contributed by atoms with Crippen molar-refractivity contribution in [3.8, 4) is 22.6 Å². The SMILES string of the molecule is C=C(CO)C(=O)OCCOc1ccc(-c2ccc(OCCOC(=O)C(=C)CO)c(F)c2CCCCCCC)cc1F. The van der Waals surface area contributed by atoms with Gasteiger partial charge in [-0.3, -0.25) is 0 Å². The molecule has 10 heteroatoms. The number of unbranched alkanes of at least 4 members (excludes halogenated alkanes) is 4. The molecule has 0 bridgehead atoms. The Morgan fingerprint density at radius 2 is 1.34 bits per heavy atom. The standard InChI is InChI=1S/C31H38F2O8/c1-4-5-6-7-8-9-25-24(11-13-28(29(25)33)39-15-17-41-31(37)22(3)20-35)23-10-12-27(26(32)18-23)38-14-16-40-30(36)21(2)19-34/h10-13,18,34-35H,2-9,14-17,19-20H2,1H3. The second-order valence-corrected chi connectivity index (χ2v) is 9.21. The third kappa shape index (κ3) is 10.6. The lowest BCUT2D eigenvalue weighted by Gasteiger charge is -2.16. The van der Waals surface area contributed by atoms with Crippen molar-refractivity contribution < 1.29 is 47.5 Å². The minimum Gasteiger partial charge on any atom is -0.487 e. The summed E-state index contributed by atoms with van der Waals surface area (Å²) >= 11 is 0. The number of ether oxygens (including phenoxy) is 4. The number of benzene rings is 2. The molecule has 224 valence electrons. The summed E-state index contributed by atoms with van der Waals surface area (Å²) in [6.07, 6.45) is 5.25. The van der Waals surface area contributed by atoms with Crippen molar-refractivity contribution in [3.05, 3.63) is 71.8 Å². The Kier molecular flexibility index (Phi) is 14.5. The van der Waals surface area contributed by atoms with E-state index in [1.165, 1.54) is 18.2 Å². The van der Waals surface area contributed by atoms with Crippen molar-refractivity contribution in [2.45, 2.75) is 45.4 Å². The third-order valence-corrected chi connectivity index (χ3v) is 6.09. The number of esters is 2. The van der Waals surface area contributed by atoms with Crippen LogP contribution in [0.5, 0.6) is 11.5 Å². The molecule has 0 saturated heterocycles. The third-order valence-electron chi connectivity index (χ3n) is 6.09. The molecule has 0 fully saturated rings. The molecule has 0 aliphatic rings. The number of hydrogen-bond acceptors (Lipinski definition) is 8. The van der Waals surface area contributed by atoms with E-state index in [-0.39, 0.29) is 49.1 Å². The van der Waals surface area contributed by atoms with E-state index in [9.17, 15) is 14.0 Å². The van der Waals surface area contributed by atoms with Crippen molar-refractivity contribution in [1.29, 1.82) is 0 Å². The van der Waals surface area contributed by atoms with Crippen LogP contribution in [0, 0.1) is 11.6 Å². The van der Waals surface area contributed by atoms with E-state index in [4.69, 9.17) is 29.2 Å². The Morgan fingerprint density at radius 1 is 0.780 bits per heavy atom. The number of aliphatic hydroxyl groups is 2. The number of halogens is 2. The van der Waals surface area contributed by atoms with Crippen molar-refractivity contribution in [3.63, 3.8) is 0 Å². The Labute approximate surface area is 239 Å². The van der Waals surface area contributed by atoms with Gasteiger partial charge in [0, 0.05) is 0 Å². The first-order chi connectivity index (χ1) is 19.7. The zero-order chi connectivity index (χ0) is 30.2. The van der Waals surface area contributed by atoms with Crippen LogP contribution in [0.1, 0.15) is 44.6 Å². The average molecular weight is 577 g/mol. The molecule has 2 aromatic carbocycles. The predicted octanol–water partition coefficient (Wildman–Crippen LogP) is 5.09. The molecule has 0 aliphatic heterocycles. The van der Waals surface area contributed by atoms with Crippen LogP contribution in [0.2, 0.25) is 0 Å². The number of carbonyl (C=O) groups excluding carboxylic acids is 2. The molecule has 0 radical (unpaired) electrons. The van der Waals surface area contributed by atoms with Crippen LogP contribution < -0.4 is 9.47 Å². The number of rotatable bonds is 19. The molecule has 2 rings (SSSR count). The first-order valence-corrected chi connectivity index (χ1v) is 13.5. The van der Waals surface area contributed by atoms with Gasteiger partial charge in [-0.15, -0.1) is 0 Å². The molecule has 8 nitrogen and oxygen atoms in total. The molecule has 0 aliphatic carbocycles. The minimum atomic E-state index is -0.766. The first kappa shape index (κ1) is 33.4. The zero-order valence-corrected chi connectivity index (χ0v) is 23.4. The molecular weight excluding hydrogens is 538 g/mol. The maximum Gasteiger partial charge on any atom is 0.335 e. The highest BCUT2D eigenvalue weighted by atomic mass is 19.1. The molecule has 0 atom stereocenters. The highest BCUT2D eigenvalue weighted by Gasteiger charge is 2.18. The summed E-state index contributed by atoms with van der Waals surface area (Å²) in [5.41, 5.74) is 1.15. The van der Waals surface area contributed by atoms with E-state index < -0.39 is 36.8 Å². The lowest BCUT2D eigenvalue weighted by Crippen LogP contribution is -2.15. The Morgan fingerprint density at radius 3 is 1.90 bits per heavy atom. The fraction of sp³-hybridized carbons (Fsp3) is 0.419. The molecule has 0 heterocycles. The van der Waals surface area contributed by atoms with Gasteiger partial charge >= 0.3 is 11.9 Å². The average Bonchev–Trinajstić information content (AvgIpc) is 2.98. The van der Waals surface area contributed by atoms with Gasteiger partial charge in [0.25, 0.3) is 0 Å². The number of hydrogen-bond donors (Lipinski definition) is 2. The molecule has 2 N–H and O–H groups in total. The van der Waals surface area contributed by atoms with Gasteiger partial charge in [0.1, 0.15) is 26.4 Å². The highest BCUT2D eigenvalue weighted by molar-refractivity contribution is 5.88. The van der Waals surface area contributed by atoms with Gasteiger partial charge in [-0.2, -0.15) is 0 Å². The van der Waals surface area contributed by atoms with Gasteiger partial charge < -0.3 is 29.2 Å². The smallest absolute Gasteiger partial charge is 0.335 e. The largest absolute Gasteiger partial charge is 0.487 e. The van der Waals surface area contributed by atoms with Gasteiger partial charge in [-0.05, 0) is 47.7 Å².